The minimum Gasteiger partial charge on any atom is -0.497 e. The van der Waals surface area contributed by atoms with Crippen LogP contribution in [0, 0.1) is 6.92 Å². The first-order valence-electron chi connectivity index (χ1n) is 13.1. The van der Waals surface area contributed by atoms with Crippen molar-refractivity contribution in [3.63, 3.8) is 0 Å². The van der Waals surface area contributed by atoms with Crippen LogP contribution in [0.5, 0.6) is 5.75 Å². The van der Waals surface area contributed by atoms with Gasteiger partial charge >= 0.3 is 0 Å². The van der Waals surface area contributed by atoms with E-state index < -0.39 is 28.5 Å². The molecule has 8 nitrogen and oxygen atoms in total. The lowest BCUT2D eigenvalue weighted by atomic mass is 10.1. The topological polar surface area (TPSA) is 96.0 Å². The Hall–Kier alpha value is -3.37. The lowest BCUT2D eigenvalue weighted by Crippen LogP contribution is -2.51. The molecule has 10 heteroatoms. The normalized spacial score (nSPS) is 11.9. The number of amides is 2. The second-order valence-corrected chi connectivity index (χ2v) is 12.3. The van der Waals surface area contributed by atoms with Gasteiger partial charge in [-0.1, -0.05) is 59.1 Å². The van der Waals surface area contributed by atoms with E-state index in [1.807, 2.05) is 19.9 Å². The molecular weight excluding hydrogens is 594 g/mol. The summed E-state index contributed by atoms with van der Waals surface area (Å²) in [6, 6.07) is 19.6. The number of unbranched alkanes of at least 4 members (excludes halogenated alkanes) is 1. The number of sulfonamides is 1. The van der Waals surface area contributed by atoms with E-state index >= 15 is 0 Å². The highest BCUT2D eigenvalue weighted by Crippen LogP contribution is 2.26. The van der Waals surface area contributed by atoms with Gasteiger partial charge < -0.3 is 15.0 Å². The second kappa shape index (κ2) is 14.3. The van der Waals surface area contributed by atoms with Crippen molar-refractivity contribution in [1.82, 2.24) is 10.2 Å². The van der Waals surface area contributed by atoms with Gasteiger partial charge in [-0.3, -0.25) is 13.9 Å². The number of anilines is 1. The van der Waals surface area contributed by atoms with Crippen LogP contribution in [0.15, 0.2) is 82.2 Å². The van der Waals surface area contributed by atoms with Crippen molar-refractivity contribution >= 4 is 43.5 Å². The van der Waals surface area contributed by atoms with E-state index in [0.717, 1.165) is 32.7 Å². The number of nitrogens with one attached hydrogen (secondary N) is 1. The monoisotopic (exact) mass is 629 g/mol. The molecule has 0 saturated carbocycles. The molecule has 1 atom stereocenters. The molecular formula is C30H36BrN3O5S. The zero-order valence-electron chi connectivity index (χ0n) is 23.3. The van der Waals surface area contributed by atoms with E-state index in [1.165, 1.54) is 17.0 Å². The van der Waals surface area contributed by atoms with Crippen LogP contribution in [0.4, 0.5) is 5.69 Å². The van der Waals surface area contributed by atoms with Gasteiger partial charge in [0.05, 0.1) is 17.7 Å². The smallest absolute Gasteiger partial charge is 0.264 e. The van der Waals surface area contributed by atoms with Gasteiger partial charge in [0.25, 0.3) is 10.0 Å². The molecule has 0 aliphatic rings. The molecule has 0 spiro atoms. The van der Waals surface area contributed by atoms with E-state index in [2.05, 4.69) is 21.2 Å². The van der Waals surface area contributed by atoms with Crippen molar-refractivity contribution < 1.29 is 22.7 Å². The molecule has 40 heavy (non-hydrogen) atoms. The fourth-order valence-electron chi connectivity index (χ4n) is 4.06. The Bertz CT molecular complexity index is 1400. The number of hydrogen-bond acceptors (Lipinski definition) is 5. The van der Waals surface area contributed by atoms with Crippen LogP contribution in [0.2, 0.25) is 0 Å². The number of carbonyl (C=O) groups is 2. The summed E-state index contributed by atoms with van der Waals surface area (Å²) in [5, 5.41) is 2.89. The number of halogens is 1. The van der Waals surface area contributed by atoms with Crippen molar-refractivity contribution in [3.8, 4) is 5.75 Å². The first-order valence-corrected chi connectivity index (χ1v) is 15.3. The molecule has 0 aromatic heterocycles. The number of ether oxygens (including phenoxy) is 1. The maximum Gasteiger partial charge on any atom is 0.264 e. The van der Waals surface area contributed by atoms with E-state index in [4.69, 9.17) is 4.74 Å². The molecule has 3 aromatic rings. The molecule has 0 saturated heterocycles. The molecule has 2 amide bonds. The molecule has 1 N–H and O–H groups in total. The van der Waals surface area contributed by atoms with Crippen molar-refractivity contribution in [2.45, 2.75) is 51.1 Å². The molecule has 0 radical (unpaired) electrons. The van der Waals surface area contributed by atoms with Gasteiger partial charge in [-0.2, -0.15) is 0 Å². The Balaban J connectivity index is 2.00. The van der Waals surface area contributed by atoms with Gasteiger partial charge in [-0.25, -0.2) is 8.42 Å². The number of methoxy groups -OCH3 is 1. The lowest BCUT2D eigenvalue weighted by Gasteiger charge is -2.32. The summed E-state index contributed by atoms with van der Waals surface area (Å²) in [6.07, 6.45) is 1.73. The molecule has 0 aliphatic heterocycles. The highest BCUT2D eigenvalue weighted by atomic mass is 79.9. The van der Waals surface area contributed by atoms with E-state index in [-0.39, 0.29) is 17.3 Å². The largest absolute Gasteiger partial charge is 0.497 e. The van der Waals surface area contributed by atoms with Gasteiger partial charge in [0.15, 0.2) is 0 Å². The molecule has 214 valence electrons. The quantitative estimate of drug-likeness (QED) is 0.259. The average molecular weight is 631 g/mol. The first kappa shape index (κ1) is 31.2. The summed E-state index contributed by atoms with van der Waals surface area (Å²) in [6.45, 7) is 5.65. The lowest BCUT2D eigenvalue weighted by molar-refractivity contribution is -0.139. The highest BCUT2D eigenvalue weighted by molar-refractivity contribution is 9.10. The Labute approximate surface area is 245 Å². The number of benzene rings is 3. The maximum atomic E-state index is 14.0. The number of carbonyl (C=O) groups excluding carboxylic acids is 2. The van der Waals surface area contributed by atoms with E-state index in [1.54, 1.807) is 68.6 Å². The van der Waals surface area contributed by atoms with Crippen LogP contribution < -0.4 is 14.4 Å². The summed E-state index contributed by atoms with van der Waals surface area (Å²) < 4.78 is 34.9. The van der Waals surface area contributed by atoms with Crippen LogP contribution >= 0.6 is 15.9 Å². The molecule has 0 aliphatic carbocycles. The molecule has 3 aromatic carbocycles. The molecule has 0 heterocycles. The molecule has 3 rings (SSSR count). The minimum absolute atomic E-state index is 0.0681. The average Bonchev–Trinajstić information content (AvgIpc) is 2.95. The maximum absolute atomic E-state index is 14.0. The number of aryl methyl sites for hydroxylation is 1. The van der Waals surface area contributed by atoms with Crippen molar-refractivity contribution in [1.29, 1.82) is 0 Å². The number of rotatable bonds is 13. The predicted molar refractivity (Wildman–Crippen MR) is 161 cm³/mol. The third-order valence-electron chi connectivity index (χ3n) is 6.49. The molecule has 0 fully saturated rings. The zero-order chi connectivity index (χ0) is 29.3. The first-order chi connectivity index (χ1) is 19.1. The van der Waals surface area contributed by atoms with E-state index in [9.17, 15) is 18.0 Å². The SMILES string of the molecule is CCCCNC(=O)[C@H](C)N(Cc1cccc(OC)c1)C(=O)CN(c1ccc(Br)cc1)S(=O)(=O)c1ccc(C)cc1. The molecule has 0 bridgehead atoms. The summed E-state index contributed by atoms with van der Waals surface area (Å²) in [4.78, 5) is 28.5. The van der Waals surface area contributed by atoms with Crippen LogP contribution in [-0.2, 0) is 26.2 Å². The Kier molecular flexibility index (Phi) is 11.2. The zero-order valence-corrected chi connectivity index (χ0v) is 25.7. The van der Waals surface area contributed by atoms with Gasteiger partial charge in [0, 0.05) is 17.6 Å². The van der Waals surface area contributed by atoms with Crippen molar-refractivity contribution in [2.75, 3.05) is 24.5 Å². The van der Waals surface area contributed by atoms with Crippen LogP contribution in [0.3, 0.4) is 0 Å². The second-order valence-electron chi connectivity index (χ2n) is 9.49. The summed E-state index contributed by atoms with van der Waals surface area (Å²) >= 11 is 3.38. The van der Waals surface area contributed by atoms with Gasteiger partial charge in [-0.05, 0) is 74.4 Å². The Morgan fingerprint density at radius 1 is 1.02 bits per heavy atom. The number of hydrogen-bond donors (Lipinski definition) is 1. The fourth-order valence-corrected chi connectivity index (χ4v) is 5.74. The minimum atomic E-state index is -4.11. The van der Waals surface area contributed by atoms with Crippen molar-refractivity contribution in [3.05, 3.63) is 88.4 Å². The van der Waals surface area contributed by atoms with Gasteiger partial charge in [-0.15, -0.1) is 0 Å². The van der Waals surface area contributed by atoms with Crippen molar-refractivity contribution in [2.24, 2.45) is 0 Å². The summed E-state index contributed by atoms with van der Waals surface area (Å²) in [5.74, 6) is -0.204. The highest BCUT2D eigenvalue weighted by Gasteiger charge is 2.32. The predicted octanol–water partition coefficient (Wildman–Crippen LogP) is 5.30. The van der Waals surface area contributed by atoms with Gasteiger partial charge in [0.2, 0.25) is 11.8 Å². The number of nitrogens with zero attached hydrogens (tertiary/aromatic N) is 2. The Morgan fingerprint density at radius 3 is 2.33 bits per heavy atom. The van der Waals surface area contributed by atoms with Crippen LogP contribution in [0.25, 0.3) is 0 Å². The Morgan fingerprint density at radius 2 is 1.70 bits per heavy atom. The summed E-state index contributed by atoms with van der Waals surface area (Å²) in [5.41, 5.74) is 1.99. The summed E-state index contributed by atoms with van der Waals surface area (Å²) in [7, 11) is -2.56. The third kappa shape index (κ3) is 8.08. The van der Waals surface area contributed by atoms with Crippen LogP contribution in [-0.4, -0.2) is 51.4 Å². The van der Waals surface area contributed by atoms with E-state index in [0.29, 0.717) is 18.0 Å². The third-order valence-corrected chi connectivity index (χ3v) is 8.80. The molecule has 0 unspecified atom stereocenters. The fraction of sp³-hybridized carbons (Fsp3) is 0.333. The standard InChI is InChI=1S/C30H36BrN3O5S/c1-5-6-18-32-30(36)23(3)33(20-24-8-7-9-27(19-24)39-4)29(35)21-34(26-14-12-25(31)13-15-26)40(37,38)28-16-10-22(2)11-17-28/h7-17,19,23H,5-6,18,20-21H2,1-4H3,(H,32,36)/t23-/m0/s1. The van der Waals surface area contributed by atoms with Gasteiger partial charge in [0.1, 0.15) is 18.3 Å². The van der Waals surface area contributed by atoms with Crippen LogP contribution in [0.1, 0.15) is 37.8 Å².